The summed E-state index contributed by atoms with van der Waals surface area (Å²) in [6.45, 7) is 6.37. The van der Waals surface area contributed by atoms with E-state index in [-0.39, 0.29) is 5.43 Å². The van der Waals surface area contributed by atoms with Gasteiger partial charge in [-0.15, -0.1) is 0 Å². The Morgan fingerprint density at radius 1 is 1.13 bits per heavy atom. The highest BCUT2D eigenvalue weighted by molar-refractivity contribution is 6.07. The lowest BCUT2D eigenvalue weighted by Gasteiger charge is -2.26. The zero-order chi connectivity index (χ0) is 20.7. The number of imidazole rings is 1. The number of aromatic nitrogens is 2. The highest BCUT2D eigenvalue weighted by atomic mass is 16.5. The van der Waals surface area contributed by atoms with Gasteiger partial charge in [-0.3, -0.25) is 9.20 Å². The Morgan fingerprint density at radius 3 is 2.77 bits per heavy atom. The molecule has 1 fully saturated rings. The minimum absolute atomic E-state index is 0.0282. The van der Waals surface area contributed by atoms with Crippen LogP contribution in [0.3, 0.4) is 0 Å². The number of methoxy groups -OCH3 is 1. The van der Waals surface area contributed by atoms with Gasteiger partial charge in [0.1, 0.15) is 11.6 Å². The van der Waals surface area contributed by atoms with Crippen LogP contribution in [-0.2, 0) is 0 Å². The van der Waals surface area contributed by atoms with E-state index in [4.69, 9.17) is 9.72 Å². The fourth-order valence-electron chi connectivity index (χ4n) is 4.82. The van der Waals surface area contributed by atoms with E-state index in [9.17, 15) is 4.79 Å². The van der Waals surface area contributed by atoms with Gasteiger partial charge in [0.2, 0.25) is 0 Å². The topological polar surface area (TPSA) is 58.9 Å². The lowest BCUT2D eigenvalue weighted by molar-refractivity contribution is 0.228. The number of nitrogens with zero attached hydrogens (tertiary/aromatic N) is 3. The van der Waals surface area contributed by atoms with Crippen LogP contribution in [0.1, 0.15) is 31.5 Å². The third-order valence-electron chi connectivity index (χ3n) is 6.32. The van der Waals surface area contributed by atoms with Gasteiger partial charge in [-0.1, -0.05) is 6.42 Å². The summed E-state index contributed by atoms with van der Waals surface area (Å²) in [4.78, 5) is 20.8. The predicted molar refractivity (Wildman–Crippen MR) is 122 cm³/mol. The van der Waals surface area contributed by atoms with Crippen LogP contribution in [0.15, 0.2) is 35.1 Å². The van der Waals surface area contributed by atoms with Crippen LogP contribution in [0.25, 0.3) is 27.3 Å². The van der Waals surface area contributed by atoms with Crippen LogP contribution < -0.4 is 15.5 Å². The summed E-state index contributed by atoms with van der Waals surface area (Å²) in [5, 5.41) is 4.91. The quantitative estimate of drug-likeness (QED) is 0.388. The molecule has 0 unspecified atom stereocenters. The van der Waals surface area contributed by atoms with Crippen molar-refractivity contribution in [1.82, 2.24) is 14.3 Å². The van der Waals surface area contributed by atoms with Crippen LogP contribution in [0.4, 0.5) is 5.69 Å². The molecule has 6 heteroatoms. The van der Waals surface area contributed by atoms with E-state index in [1.54, 1.807) is 7.11 Å². The molecule has 4 aromatic rings. The standard InChI is InChI=1S/C24H28N4O2/c1-16-26-20-9-8-19(25-11-6-14-27-12-4-3-5-13-27)22-23(20)28(16)21-10-7-17(30-2)15-18(21)24(22)29/h7-10,15,25H,3-6,11-14H2,1-2H3. The molecule has 5 rings (SSSR count). The minimum atomic E-state index is 0.0282. The van der Waals surface area contributed by atoms with E-state index in [1.165, 1.54) is 32.4 Å². The van der Waals surface area contributed by atoms with Gasteiger partial charge in [0.05, 0.1) is 34.4 Å². The molecule has 0 saturated carbocycles. The van der Waals surface area contributed by atoms with Crippen molar-refractivity contribution in [3.05, 3.63) is 46.4 Å². The van der Waals surface area contributed by atoms with Crippen molar-refractivity contribution in [2.75, 3.05) is 38.6 Å². The number of hydrogen-bond donors (Lipinski definition) is 1. The Kier molecular flexibility index (Phi) is 4.95. The molecular formula is C24H28N4O2. The summed E-state index contributed by atoms with van der Waals surface area (Å²) in [5.74, 6) is 1.57. The molecule has 0 atom stereocenters. The monoisotopic (exact) mass is 404 g/mol. The first-order valence-corrected chi connectivity index (χ1v) is 10.9. The summed E-state index contributed by atoms with van der Waals surface area (Å²) >= 11 is 0. The van der Waals surface area contributed by atoms with Gasteiger partial charge in [-0.05, 0) is 76.2 Å². The summed E-state index contributed by atoms with van der Waals surface area (Å²) in [5.41, 5.74) is 3.55. The van der Waals surface area contributed by atoms with Gasteiger partial charge in [0.25, 0.3) is 0 Å². The van der Waals surface area contributed by atoms with Crippen LogP contribution in [0.5, 0.6) is 5.75 Å². The van der Waals surface area contributed by atoms with E-state index in [0.717, 1.165) is 47.6 Å². The molecule has 0 bridgehead atoms. The van der Waals surface area contributed by atoms with Crippen LogP contribution in [-0.4, -0.2) is 47.6 Å². The summed E-state index contributed by atoms with van der Waals surface area (Å²) in [6.07, 6.45) is 5.05. The number of rotatable bonds is 6. The summed E-state index contributed by atoms with van der Waals surface area (Å²) in [6, 6.07) is 9.68. The Hall–Kier alpha value is -2.86. The highest BCUT2D eigenvalue weighted by Crippen LogP contribution is 2.31. The minimum Gasteiger partial charge on any atom is -0.497 e. The first kappa shape index (κ1) is 19.1. The number of anilines is 1. The van der Waals surface area contributed by atoms with Gasteiger partial charge < -0.3 is 15.0 Å². The Bertz CT molecular complexity index is 1260. The molecule has 2 aromatic carbocycles. The maximum Gasteiger partial charge on any atom is 0.199 e. The van der Waals surface area contributed by atoms with Crippen LogP contribution >= 0.6 is 0 Å². The maximum absolute atomic E-state index is 13.5. The molecule has 2 aromatic heterocycles. The third-order valence-corrected chi connectivity index (χ3v) is 6.32. The number of nitrogens with one attached hydrogen (secondary N) is 1. The number of fused-ring (bicyclic) bond motifs is 2. The Balaban J connectivity index is 1.53. The number of ether oxygens (including phenoxy) is 1. The molecule has 0 radical (unpaired) electrons. The first-order valence-electron chi connectivity index (χ1n) is 10.9. The second-order valence-corrected chi connectivity index (χ2v) is 8.25. The van der Waals surface area contributed by atoms with Gasteiger partial charge in [-0.2, -0.15) is 0 Å². The van der Waals surface area contributed by atoms with Gasteiger partial charge >= 0.3 is 0 Å². The maximum atomic E-state index is 13.5. The average molecular weight is 405 g/mol. The van der Waals surface area contributed by atoms with Gasteiger partial charge in [-0.25, -0.2) is 4.98 Å². The van der Waals surface area contributed by atoms with Gasteiger partial charge in [0.15, 0.2) is 5.43 Å². The van der Waals surface area contributed by atoms with E-state index in [0.29, 0.717) is 16.5 Å². The molecule has 0 spiro atoms. The molecule has 30 heavy (non-hydrogen) atoms. The van der Waals surface area contributed by atoms with Gasteiger partial charge in [0, 0.05) is 12.2 Å². The van der Waals surface area contributed by atoms with Crippen molar-refractivity contribution in [1.29, 1.82) is 0 Å². The SMILES string of the molecule is COc1ccc2c(c1)c(=O)c1c(NCCCN3CCCCC3)ccc3nc(C)n2c31. The molecule has 1 saturated heterocycles. The largest absolute Gasteiger partial charge is 0.497 e. The molecular weight excluding hydrogens is 376 g/mol. The van der Waals surface area contributed by atoms with Crippen molar-refractivity contribution < 1.29 is 4.74 Å². The average Bonchev–Trinajstić information content (AvgIpc) is 3.12. The number of hydrogen-bond acceptors (Lipinski definition) is 5. The molecule has 1 aliphatic heterocycles. The number of aryl methyl sites for hydroxylation is 1. The highest BCUT2D eigenvalue weighted by Gasteiger charge is 2.19. The summed E-state index contributed by atoms with van der Waals surface area (Å²) in [7, 11) is 1.62. The van der Waals surface area contributed by atoms with Crippen molar-refractivity contribution in [2.24, 2.45) is 0 Å². The van der Waals surface area contributed by atoms with E-state index in [1.807, 2.05) is 37.3 Å². The fraction of sp³-hybridized carbons (Fsp3) is 0.417. The van der Waals surface area contributed by atoms with Crippen molar-refractivity contribution >= 4 is 33.0 Å². The lowest BCUT2D eigenvalue weighted by atomic mass is 10.1. The number of likely N-dealkylation sites (tertiary alicyclic amines) is 1. The van der Waals surface area contributed by atoms with Crippen molar-refractivity contribution in [2.45, 2.75) is 32.6 Å². The number of pyridine rings is 1. The lowest BCUT2D eigenvalue weighted by Crippen LogP contribution is -2.31. The number of piperidine rings is 1. The molecule has 156 valence electrons. The molecule has 1 aliphatic rings. The third kappa shape index (κ3) is 3.16. The smallest absolute Gasteiger partial charge is 0.199 e. The van der Waals surface area contributed by atoms with Crippen LogP contribution in [0, 0.1) is 6.92 Å². The van der Waals surface area contributed by atoms with Crippen LogP contribution in [0.2, 0.25) is 0 Å². The van der Waals surface area contributed by atoms with E-state index < -0.39 is 0 Å². The molecule has 0 amide bonds. The molecule has 6 nitrogen and oxygen atoms in total. The normalized spacial score (nSPS) is 15.4. The zero-order valence-electron chi connectivity index (χ0n) is 17.7. The predicted octanol–water partition coefficient (Wildman–Crippen LogP) is 4.04. The van der Waals surface area contributed by atoms with Crippen molar-refractivity contribution in [3.8, 4) is 5.75 Å². The summed E-state index contributed by atoms with van der Waals surface area (Å²) < 4.78 is 7.47. The Morgan fingerprint density at radius 2 is 1.97 bits per heavy atom. The zero-order valence-corrected chi connectivity index (χ0v) is 17.7. The fourth-order valence-corrected chi connectivity index (χ4v) is 4.82. The first-order chi connectivity index (χ1) is 14.7. The van der Waals surface area contributed by atoms with E-state index in [2.05, 4.69) is 14.6 Å². The Labute approximate surface area is 175 Å². The van der Waals surface area contributed by atoms with E-state index >= 15 is 0 Å². The second kappa shape index (κ2) is 7.76. The van der Waals surface area contributed by atoms with Crippen molar-refractivity contribution in [3.63, 3.8) is 0 Å². The molecule has 1 N–H and O–H groups in total. The molecule has 0 aliphatic carbocycles. The molecule has 3 heterocycles. The second-order valence-electron chi connectivity index (χ2n) is 8.25. The number of benzene rings is 2.